The van der Waals surface area contributed by atoms with Crippen molar-refractivity contribution < 1.29 is 9.90 Å². The molecule has 0 atom stereocenters. The monoisotopic (exact) mass is 296 g/mol. The second-order valence-electron chi connectivity index (χ2n) is 4.49. The van der Waals surface area contributed by atoms with Crippen LogP contribution in [0.25, 0.3) is 10.9 Å². The van der Waals surface area contributed by atoms with E-state index in [4.69, 9.17) is 5.11 Å². The third kappa shape index (κ3) is 3.03. The lowest BCUT2D eigenvalue weighted by atomic mass is 10.1. The summed E-state index contributed by atoms with van der Waals surface area (Å²) in [7, 11) is 0. The predicted octanol–water partition coefficient (Wildman–Crippen LogP) is 3.62. The van der Waals surface area contributed by atoms with E-state index < -0.39 is 5.97 Å². The molecule has 0 radical (unpaired) electrons. The predicted molar refractivity (Wildman–Crippen MR) is 82.5 cm³/mol. The number of fused-ring (bicyclic) bond motifs is 1. The molecule has 2 aromatic carbocycles. The number of aromatic carboxylic acids is 1. The minimum atomic E-state index is -0.908. The maximum atomic E-state index is 11.0. The molecule has 0 amide bonds. The molecule has 0 aliphatic carbocycles. The summed E-state index contributed by atoms with van der Waals surface area (Å²) in [5.41, 5.74) is 2.18. The van der Waals surface area contributed by atoms with Crippen molar-refractivity contribution in [1.82, 2.24) is 9.97 Å². The Morgan fingerprint density at radius 1 is 1.10 bits per heavy atom. The zero-order valence-electron chi connectivity index (χ0n) is 11.1. The quantitative estimate of drug-likeness (QED) is 0.588. The highest BCUT2D eigenvalue weighted by molar-refractivity contribution is 7.98. The fraction of sp³-hybridized carbons (Fsp3) is 0.0625. The Labute approximate surface area is 125 Å². The van der Waals surface area contributed by atoms with Crippen LogP contribution in [0.3, 0.4) is 0 Å². The Morgan fingerprint density at radius 2 is 1.95 bits per heavy atom. The SMILES string of the molecule is O=C(O)c1cccc(CSc2ncnc3ccccc23)c1. The van der Waals surface area contributed by atoms with Crippen LogP contribution in [0, 0.1) is 0 Å². The van der Waals surface area contributed by atoms with Gasteiger partial charge in [0.25, 0.3) is 0 Å². The summed E-state index contributed by atoms with van der Waals surface area (Å²) >= 11 is 1.58. The first-order valence-electron chi connectivity index (χ1n) is 6.39. The summed E-state index contributed by atoms with van der Waals surface area (Å²) in [6, 6.07) is 14.8. The number of hydrogen-bond acceptors (Lipinski definition) is 4. The highest BCUT2D eigenvalue weighted by atomic mass is 32.2. The second-order valence-corrected chi connectivity index (χ2v) is 5.45. The van der Waals surface area contributed by atoms with E-state index in [1.54, 1.807) is 36.3 Å². The van der Waals surface area contributed by atoms with Crippen LogP contribution in [-0.4, -0.2) is 21.0 Å². The van der Waals surface area contributed by atoms with Crippen LogP contribution in [0.4, 0.5) is 0 Å². The van der Waals surface area contributed by atoms with Crippen molar-refractivity contribution in [2.24, 2.45) is 0 Å². The van der Waals surface area contributed by atoms with Crippen molar-refractivity contribution in [3.05, 3.63) is 66.0 Å². The van der Waals surface area contributed by atoms with E-state index in [0.717, 1.165) is 21.5 Å². The van der Waals surface area contributed by atoms with Crippen LogP contribution < -0.4 is 0 Å². The fourth-order valence-electron chi connectivity index (χ4n) is 2.04. The summed E-state index contributed by atoms with van der Waals surface area (Å²) in [5.74, 6) is -0.239. The van der Waals surface area contributed by atoms with Crippen molar-refractivity contribution in [2.45, 2.75) is 10.8 Å². The van der Waals surface area contributed by atoms with Gasteiger partial charge in [0.2, 0.25) is 0 Å². The van der Waals surface area contributed by atoms with E-state index in [2.05, 4.69) is 9.97 Å². The minimum Gasteiger partial charge on any atom is -0.478 e. The Bertz CT molecular complexity index is 800. The van der Waals surface area contributed by atoms with E-state index in [-0.39, 0.29) is 0 Å². The van der Waals surface area contributed by atoms with Crippen molar-refractivity contribution in [1.29, 1.82) is 0 Å². The van der Waals surface area contributed by atoms with Gasteiger partial charge in [-0.2, -0.15) is 0 Å². The van der Waals surface area contributed by atoms with E-state index in [1.165, 1.54) is 0 Å². The number of para-hydroxylation sites is 1. The average Bonchev–Trinajstić information content (AvgIpc) is 2.53. The van der Waals surface area contributed by atoms with Gasteiger partial charge in [0.05, 0.1) is 11.1 Å². The number of rotatable bonds is 4. The van der Waals surface area contributed by atoms with Crippen molar-refractivity contribution >= 4 is 28.6 Å². The lowest BCUT2D eigenvalue weighted by Gasteiger charge is -2.05. The molecule has 3 aromatic rings. The Balaban J connectivity index is 1.84. The minimum absolute atomic E-state index is 0.306. The molecule has 1 N–H and O–H groups in total. The standard InChI is InChI=1S/C16H12N2O2S/c19-16(20)12-5-3-4-11(8-12)9-21-15-13-6-1-2-7-14(13)17-10-18-15/h1-8,10H,9H2,(H,19,20). The number of carboxylic acids is 1. The normalized spacial score (nSPS) is 10.7. The molecule has 0 fully saturated rings. The van der Waals surface area contributed by atoms with E-state index in [1.807, 2.05) is 30.3 Å². The number of thioether (sulfide) groups is 1. The number of aromatic nitrogens is 2. The van der Waals surface area contributed by atoms with Crippen LogP contribution in [0.15, 0.2) is 59.9 Å². The first kappa shape index (κ1) is 13.6. The Kier molecular flexibility index (Phi) is 3.83. The third-order valence-corrected chi connectivity index (χ3v) is 4.13. The maximum absolute atomic E-state index is 11.0. The van der Waals surface area contributed by atoms with Crippen LogP contribution in [0.1, 0.15) is 15.9 Å². The fourth-order valence-corrected chi connectivity index (χ4v) is 2.97. The molecule has 1 aromatic heterocycles. The van der Waals surface area contributed by atoms with Gasteiger partial charge in [-0.3, -0.25) is 0 Å². The van der Waals surface area contributed by atoms with Gasteiger partial charge in [-0.05, 0) is 23.8 Å². The van der Waals surface area contributed by atoms with Gasteiger partial charge >= 0.3 is 5.97 Å². The molecule has 0 spiro atoms. The molecular formula is C16H12N2O2S. The van der Waals surface area contributed by atoms with Gasteiger partial charge in [-0.15, -0.1) is 11.8 Å². The second kappa shape index (κ2) is 5.93. The summed E-state index contributed by atoms with van der Waals surface area (Å²) in [6.07, 6.45) is 1.55. The molecule has 104 valence electrons. The average molecular weight is 296 g/mol. The number of carbonyl (C=O) groups is 1. The number of nitrogens with zero attached hydrogens (tertiary/aromatic N) is 2. The summed E-state index contributed by atoms with van der Waals surface area (Å²) in [4.78, 5) is 19.5. The van der Waals surface area contributed by atoms with Crippen LogP contribution in [0.5, 0.6) is 0 Å². The molecule has 0 aliphatic rings. The third-order valence-electron chi connectivity index (χ3n) is 3.06. The zero-order chi connectivity index (χ0) is 14.7. The largest absolute Gasteiger partial charge is 0.478 e. The lowest BCUT2D eigenvalue weighted by Crippen LogP contribution is -1.96. The molecular weight excluding hydrogens is 284 g/mol. The molecule has 0 saturated carbocycles. The van der Waals surface area contributed by atoms with Crippen molar-refractivity contribution in [3.8, 4) is 0 Å². The van der Waals surface area contributed by atoms with Gasteiger partial charge in [-0.25, -0.2) is 14.8 Å². The molecule has 5 heteroatoms. The van der Waals surface area contributed by atoms with Gasteiger partial charge < -0.3 is 5.11 Å². The van der Waals surface area contributed by atoms with Crippen molar-refractivity contribution in [2.75, 3.05) is 0 Å². The Morgan fingerprint density at radius 3 is 2.81 bits per heavy atom. The van der Waals surface area contributed by atoms with Crippen LogP contribution in [0.2, 0.25) is 0 Å². The summed E-state index contributed by atoms with van der Waals surface area (Å²) in [5, 5.41) is 10.9. The highest BCUT2D eigenvalue weighted by Crippen LogP contribution is 2.27. The van der Waals surface area contributed by atoms with E-state index >= 15 is 0 Å². The van der Waals surface area contributed by atoms with Gasteiger partial charge in [-0.1, -0.05) is 30.3 Å². The maximum Gasteiger partial charge on any atom is 0.335 e. The molecule has 0 saturated heterocycles. The summed E-state index contributed by atoms with van der Waals surface area (Å²) in [6.45, 7) is 0. The number of hydrogen-bond donors (Lipinski definition) is 1. The van der Waals surface area contributed by atoms with E-state index in [9.17, 15) is 4.79 Å². The summed E-state index contributed by atoms with van der Waals surface area (Å²) < 4.78 is 0. The van der Waals surface area contributed by atoms with Gasteiger partial charge in [0.15, 0.2) is 0 Å². The number of benzene rings is 2. The lowest BCUT2D eigenvalue weighted by molar-refractivity contribution is 0.0697. The molecule has 0 bridgehead atoms. The molecule has 0 unspecified atom stereocenters. The van der Waals surface area contributed by atoms with Gasteiger partial charge in [0.1, 0.15) is 11.4 Å². The first-order valence-corrected chi connectivity index (χ1v) is 7.37. The molecule has 0 aliphatic heterocycles. The van der Waals surface area contributed by atoms with Crippen molar-refractivity contribution in [3.63, 3.8) is 0 Å². The smallest absolute Gasteiger partial charge is 0.335 e. The van der Waals surface area contributed by atoms with Crippen LogP contribution in [-0.2, 0) is 5.75 Å². The number of carboxylic acid groups (broad SMARTS) is 1. The molecule has 1 heterocycles. The molecule has 4 nitrogen and oxygen atoms in total. The van der Waals surface area contributed by atoms with Crippen LogP contribution >= 0.6 is 11.8 Å². The molecule has 21 heavy (non-hydrogen) atoms. The van der Waals surface area contributed by atoms with Gasteiger partial charge in [0, 0.05) is 11.1 Å². The van der Waals surface area contributed by atoms with E-state index in [0.29, 0.717) is 11.3 Å². The first-order chi connectivity index (χ1) is 10.2. The Hall–Kier alpha value is -2.40. The topological polar surface area (TPSA) is 63.1 Å². The zero-order valence-corrected chi connectivity index (χ0v) is 11.9. The highest BCUT2D eigenvalue weighted by Gasteiger charge is 2.06. The molecule has 3 rings (SSSR count).